The number of aliphatic hydroxyl groups is 3. The first-order valence-electron chi connectivity index (χ1n) is 27.8. The highest BCUT2D eigenvalue weighted by molar-refractivity contribution is 5.73. The van der Waals surface area contributed by atoms with Crippen molar-refractivity contribution in [3.8, 4) is 0 Å². The quantitative estimate of drug-likeness (QED) is 0.149. The maximum Gasteiger partial charge on any atom is 0.310 e. The predicted octanol–water partition coefficient (Wildman–Crippen LogP) is 13.2. The summed E-state index contributed by atoms with van der Waals surface area (Å²) in [7, 11) is 0. The van der Waals surface area contributed by atoms with Crippen LogP contribution in [0.4, 0.5) is 0 Å². The number of hydrogen-bond donors (Lipinski definition) is 3. The van der Waals surface area contributed by atoms with Gasteiger partial charge in [-0.05, 0) is 236 Å². The van der Waals surface area contributed by atoms with Crippen LogP contribution in [0.5, 0.6) is 0 Å². The SMILES string of the molecule is CC(=O)O[C@@]1(CC(=O)O[C@@H]2CC[C@]3(C)C4CC[C@@]5(C)C(CC[C@@H]5[C@H](C)CCCC(C)(C)O)C4CC[C@]3(O)C2)CC[C@@]2(C)C(CC[C@H]3[C@@H]4CC[C@H]([C@H](C)CCCC(C)(C)O)[C@@]4(C)CC[C@@H]32)C1. The molecule has 8 fully saturated rings. The second-order valence-corrected chi connectivity index (χ2v) is 27.9. The van der Waals surface area contributed by atoms with Crippen molar-refractivity contribution in [2.45, 2.75) is 265 Å². The molecule has 0 bridgehead atoms. The Bertz CT molecular complexity index is 1710. The molecular formula is C58H98O7. The summed E-state index contributed by atoms with van der Waals surface area (Å²) in [6, 6.07) is 0. The van der Waals surface area contributed by atoms with E-state index < -0.39 is 22.4 Å². The Balaban J connectivity index is 0.873. The van der Waals surface area contributed by atoms with Gasteiger partial charge in [0, 0.05) is 13.3 Å². The minimum atomic E-state index is -0.836. The summed E-state index contributed by atoms with van der Waals surface area (Å²) >= 11 is 0. The van der Waals surface area contributed by atoms with E-state index in [-0.39, 0.29) is 35.3 Å². The summed E-state index contributed by atoms with van der Waals surface area (Å²) in [5.74, 6) is 6.84. The molecule has 8 aliphatic carbocycles. The number of esters is 2. The Labute approximate surface area is 396 Å². The van der Waals surface area contributed by atoms with E-state index in [4.69, 9.17) is 9.47 Å². The number of fused-ring (bicyclic) bond motifs is 10. The van der Waals surface area contributed by atoms with Crippen molar-refractivity contribution in [1.82, 2.24) is 0 Å². The fraction of sp³-hybridized carbons (Fsp3) is 0.966. The fourth-order valence-corrected chi connectivity index (χ4v) is 19.8. The number of rotatable bonds is 14. The maximum atomic E-state index is 14.2. The van der Waals surface area contributed by atoms with Gasteiger partial charge in [0.15, 0.2) is 0 Å². The molecule has 8 saturated carbocycles. The van der Waals surface area contributed by atoms with Crippen LogP contribution < -0.4 is 0 Å². The van der Waals surface area contributed by atoms with E-state index in [1.165, 1.54) is 77.6 Å². The monoisotopic (exact) mass is 907 g/mol. The molecule has 372 valence electrons. The standard InChI is InChI=1S/C58H98O7/c1-37(14-12-26-51(4,5)61)44-18-20-46-42-17-16-40-34-57(65-39(3)59,33-32-53(40,8)48(42)24-28-54(44,46)9)36-50(60)64-41-22-30-56(11)49-25-29-55(10)45(38(2)15-13-27-52(6,7)62)19-21-47(55)43(49)23-31-58(56,63)35-41/h37-38,40-49,61-63H,12-36H2,1-11H3/t37-,38-,40?,41-,42+,43?,44-,45-,46+,47?,48+,49?,53+,54-,55-,56-,57+,58+/m1/s1. The minimum Gasteiger partial charge on any atom is -0.462 e. The first kappa shape index (κ1) is 50.2. The summed E-state index contributed by atoms with van der Waals surface area (Å²) < 4.78 is 12.7. The molecule has 0 radical (unpaired) electrons. The van der Waals surface area contributed by atoms with Gasteiger partial charge in [0.2, 0.25) is 0 Å². The molecule has 0 aromatic carbocycles. The smallest absolute Gasteiger partial charge is 0.310 e. The van der Waals surface area contributed by atoms with E-state index in [1.807, 2.05) is 27.7 Å². The molecule has 0 spiro atoms. The molecule has 0 aromatic rings. The first-order chi connectivity index (χ1) is 30.2. The van der Waals surface area contributed by atoms with Crippen molar-refractivity contribution in [2.24, 2.45) is 86.8 Å². The maximum absolute atomic E-state index is 14.2. The number of carbonyl (C=O) groups excluding carboxylic acids is 2. The summed E-state index contributed by atoms with van der Waals surface area (Å²) in [4.78, 5) is 27.1. The zero-order valence-corrected chi connectivity index (χ0v) is 43.6. The molecular weight excluding hydrogens is 809 g/mol. The van der Waals surface area contributed by atoms with Gasteiger partial charge in [0.25, 0.3) is 0 Å². The van der Waals surface area contributed by atoms with Crippen LogP contribution in [-0.4, -0.2) is 55.8 Å². The van der Waals surface area contributed by atoms with E-state index in [2.05, 4.69) is 41.5 Å². The molecule has 8 rings (SSSR count). The van der Waals surface area contributed by atoms with Crippen LogP contribution in [0.1, 0.15) is 237 Å². The number of hydrogen-bond acceptors (Lipinski definition) is 7. The van der Waals surface area contributed by atoms with Crippen LogP contribution in [0.3, 0.4) is 0 Å². The van der Waals surface area contributed by atoms with Crippen LogP contribution in [0.2, 0.25) is 0 Å². The molecule has 0 amide bonds. The highest BCUT2D eigenvalue weighted by Gasteiger charge is 2.66. The topological polar surface area (TPSA) is 113 Å². The second kappa shape index (κ2) is 17.9. The minimum absolute atomic E-state index is 0.121. The van der Waals surface area contributed by atoms with Gasteiger partial charge in [-0.25, -0.2) is 0 Å². The van der Waals surface area contributed by atoms with Crippen molar-refractivity contribution in [3.63, 3.8) is 0 Å². The summed E-state index contributed by atoms with van der Waals surface area (Å²) in [6.07, 6.45) is 25.4. The second-order valence-electron chi connectivity index (χ2n) is 27.9. The Morgan fingerprint density at radius 3 is 1.71 bits per heavy atom. The number of carbonyl (C=O) groups is 2. The fourth-order valence-electron chi connectivity index (χ4n) is 19.8. The summed E-state index contributed by atoms with van der Waals surface area (Å²) in [5.41, 5.74) is -2.05. The van der Waals surface area contributed by atoms with Crippen LogP contribution in [0, 0.1) is 86.8 Å². The lowest BCUT2D eigenvalue weighted by Crippen LogP contribution is -2.63. The molecule has 18 atom stereocenters. The van der Waals surface area contributed by atoms with Crippen molar-refractivity contribution in [2.75, 3.05) is 0 Å². The van der Waals surface area contributed by atoms with Crippen LogP contribution in [0.25, 0.3) is 0 Å². The van der Waals surface area contributed by atoms with Gasteiger partial charge < -0.3 is 24.8 Å². The van der Waals surface area contributed by atoms with E-state index in [1.54, 1.807) is 0 Å². The van der Waals surface area contributed by atoms with E-state index in [0.29, 0.717) is 58.7 Å². The molecule has 7 nitrogen and oxygen atoms in total. The van der Waals surface area contributed by atoms with Crippen molar-refractivity contribution in [3.05, 3.63) is 0 Å². The molecule has 65 heavy (non-hydrogen) atoms. The molecule has 0 heterocycles. The Hall–Kier alpha value is -1.18. The highest BCUT2D eigenvalue weighted by Crippen LogP contribution is 2.71. The lowest BCUT2D eigenvalue weighted by atomic mass is 9.43. The largest absolute Gasteiger partial charge is 0.462 e. The first-order valence-corrected chi connectivity index (χ1v) is 27.8. The third kappa shape index (κ3) is 9.33. The van der Waals surface area contributed by atoms with Gasteiger partial charge in [-0.15, -0.1) is 0 Å². The zero-order chi connectivity index (χ0) is 47.2. The molecule has 0 aliphatic heterocycles. The van der Waals surface area contributed by atoms with Gasteiger partial charge in [0.1, 0.15) is 11.7 Å². The van der Waals surface area contributed by atoms with E-state index in [0.717, 1.165) is 101 Å². The molecule has 7 heteroatoms. The predicted molar refractivity (Wildman–Crippen MR) is 260 cm³/mol. The lowest BCUT2D eigenvalue weighted by molar-refractivity contribution is -0.226. The molecule has 3 N–H and O–H groups in total. The number of ether oxygens (including phenoxy) is 2. The average molecular weight is 907 g/mol. The van der Waals surface area contributed by atoms with Crippen LogP contribution >= 0.6 is 0 Å². The van der Waals surface area contributed by atoms with Gasteiger partial charge in [0.05, 0.1) is 23.2 Å². The Morgan fingerprint density at radius 1 is 0.615 bits per heavy atom. The van der Waals surface area contributed by atoms with Crippen LogP contribution in [-0.2, 0) is 19.1 Å². The highest BCUT2D eigenvalue weighted by atomic mass is 16.6. The van der Waals surface area contributed by atoms with Gasteiger partial charge >= 0.3 is 11.9 Å². The molecule has 0 saturated heterocycles. The molecule has 0 aromatic heterocycles. The van der Waals surface area contributed by atoms with Crippen molar-refractivity contribution in [1.29, 1.82) is 0 Å². The third-order valence-electron chi connectivity index (χ3n) is 23.1. The average Bonchev–Trinajstić information content (AvgIpc) is 3.74. The van der Waals surface area contributed by atoms with E-state index >= 15 is 0 Å². The van der Waals surface area contributed by atoms with E-state index in [9.17, 15) is 24.9 Å². The van der Waals surface area contributed by atoms with Crippen molar-refractivity contribution < 1.29 is 34.4 Å². The molecule has 8 aliphatic rings. The molecule has 4 unspecified atom stereocenters. The normalized spacial score (nSPS) is 46.9. The van der Waals surface area contributed by atoms with Gasteiger partial charge in [-0.3, -0.25) is 9.59 Å². The third-order valence-corrected chi connectivity index (χ3v) is 23.1. The summed E-state index contributed by atoms with van der Waals surface area (Å²) in [6.45, 7) is 24.4. The van der Waals surface area contributed by atoms with Crippen LogP contribution in [0.15, 0.2) is 0 Å². The van der Waals surface area contributed by atoms with Crippen molar-refractivity contribution >= 4 is 11.9 Å². The lowest BCUT2D eigenvalue weighted by Gasteiger charge is -2.64. The Kier molecular flexibility index (Phi) is 13.8. The zero-order valence-electron chi connectivity index (χ0n) is 43.6. The van der Waals surface area contributed by atoms with Gasteiger partial charge in [-0.2, -0.15) is 0 Å². The summed E-state index contributed by atoms with van der Waals surface area (Å²) in [5, 5.41) is 33.4. The Morgan fingerprint density at radius 2 is 1.15 bits per heavy atom. The van der Waals surface area contributed by atoms with Gasteiger partial charge in [-0.1, -0.05) is 67.2 Å².